The molecule has 116 valence electrons. The Morgan fingerprint density at radius 2 is 2.32 bits per heavy atom. The van der Waals surface area contributed by atoms with Gasteiger partial charge in [-0.05, 0) is 48.4 Å². The standard InChI is InChI=1S/C17H19FN2OS/c1-12-8-13-4-2-6-20(17(13)15(18)9-12)11-16(21)19-10-14-5-3-7-22-14/h3,5,7-9H,2,4,6,10-11H2,1H3,(H,19,21). The number of carbonyl (C=O) groups is 1. The molecule has 0 saturated heterocycles. The number of amides is 1. The monoisotopic (exact) mass is 318 g/mol. The van der Waals surface area contributed by atoms with Crippen LogP contribution in [0, 0.1) is 12.7 Å². The van der Waals surface area contributed by atoms with Crippen LogP contribution < -0.4 is 10.2 Å². The molecule has 0 atom stereocenters. The molecule has 0 aliphatic carbocycles. The van der Waals surface area contributed by atoms with Crippen LogP contribution in [0.4, 0.5) is 10.1 Å². The van der Waals surface area contributed by atoms with Gasteiger partial charge in [0, 0.05) is 11.4 Å². The Kier molecular flexibility index (Phi) is 4.43. The van der Waals surface area contributed by atoms with E-state index < -0.39 is 0 Å². The van der Waals surface area contributed by atoms with Crippen LogP contribution in [0.15, 0.2) is 29.6 Å². The highest BCUT2D eigenvalue weighted by Crippen LogP contribution is 2.30. The van der Waals surface area contributed by atoms with Gasteiger partial charge in [0.25, 0.3) is 0 Å². The molecule has 1 aromatic heterocycles. The number of nitrogens with zero attached hydrogens (tertiary/aromatic N) is 1. The normalized spacial score (nSPS) is 13.8. The SMILES string of the molecule is Cc1cc(F)c2c(c1)CCCN2CC(=O)NCc1cccs1. The van der Waals surface area contributed by atoms with E-state index in [1.807, 2.05) is 35.4 Å². The number of halogens is 1. The number of hydrogen-bond donors (Lipinski definition) is 1. The molecule has 1 aliphatic heterocycles. The van der Waals surface area contributed by atoms with Crippen LogP contribution in [0.1, 0.15) is 22.4 Å². The summed E-state index contributed by atoms with van der Waals surface area (Å²) in [6, 6.07) is 7.52. The number of hydrogen-bond acceptors (Lipinski definition) is 3. The third kappa shape index (κ3) is 3.30. The Labute approximate surface area is 133 Å². The summed E-state index contributed by atoms with van der Waals surface area (Å²) in [5.74, 6) is -0.290. The van der Waals surface area contributed by atoms with E-state index in [0.29, 0.717) is 12.2 Å². The molecule has 0 fully saturated rings. The summed E-state index contributed by atoms with van der Waals surface area (Å²) in [5, 5.41) is 4.89. The zero-order valence-electron chi connectivity index (χ0n) is 12.6. The Balaban J connectivity index is 1.68. The van der Waals surface area contributed by atoms with Crippen LogP contribution in [0.2, 0.25) is 0 Å². The van der Waals surface area contributed by atoms with E-state index in [1.54, 1.807) is 17.4 Å². The van der Waals surface area contributed by atoms with Gasteiger partial charge in [0.05, 0.1) is 18.8 Å². The third-order valence-corrected chi connectivity index (χ3v) is 4.73. The highest BCUT2D eigenvalue weighted by atomic mass is 32.1. The summed E-state index contributed by atoms with van der Waals surface area (Å²) in [5.41, 5.74) is 2.54. The second-order valence-corrected chi connectivity index (χ2v) is 6.67. The Morgan fingerprint density at radius 3 is 3.09 bits per heavy atom. The maximum atomic E-state index is 14.3. The summed E-state index contributed by atoms with van der Waals surface area (Å²) in [6.45, 7) is 3.36. The van der Waals surface area contributed by atoms with Gasteiger partial charge < -0.3 is 10.2 Å². The van der Waals surface area contributed by atoms with E-state index in [4.69, 9.17) is 0 Å². The van der Waals surface area contributed by atoms with E-state index in [-0.39, 0.29) is 18.3 Å². The first kappa shape index (κ1) is 15.0. The molecule has 3 nitrogen and oxygen atoms in total. The number of thiophene rings is 1. The van der Waals surface area contributed by atoms with Gasteiger partial charge in [0.2, 0.25) is 5.91 Å². The number of carbonyl (C=O) groups excluding carboxylic acids is 1. The minimum atomic E-state index is -0.222. The number of aryl methyl sites for hydroxylation is 2. The molecule has 3 rings (SSSR count). The fraction of sp³-hybridized carbons (Fsp3) is 0.353. The fourth-order valence-corrected chi connectivity index (χ4v) is 3.55. The Morgan fingerprint density at radius 1 is 1.45 bits per heavy atom. The van der Waals surface area contributed by atoms with Gasteiger partial charge in [-0.25, -0.2) is 4.39 Å². The third-order valence-electron chi connectivity index (χ3n) is 3.85. The minimum absolute atomic E-state index is 0.0683. The van der Waals surface area contributed by atoms with Crippen LogP contribution in [-0.2, 0) is 17.8 Å². The summed E-state index contributed by atoms with van der Waals surface area (Å²) in [7, 11) is 0. The molecule has 22 heavy (non-hydrogen) atoms. The number of anilines is 1. The van der Waals surface area contributed by atoms with Crippen molar-refractivity contribution in [3.63, 3.8) is 0 Å². The molecule has 1 N–H and O–H groups in total. The Bertz CT molecular complexity index is 670. The topological polar surface area (TPSA) is 32.3 Å². The average molecular weight is 318 g/mol. The molecule has 0 bridgehead atoms. The first-order valence-electron chi connectivity index (χ1n) is 7.46. The predicted octanol–water partition coefficient (Wildman–Crippen LogP) is 3.26. The zero-order chi connectivity index (χ0) is 15.5. The maximum Gasteiger partial charge on any atom is 0.239 e. The quantitative estimate of drug-likeness (QED) is 0.938. The number of nitrogens with one attached hydrogen (secondary N) is 1. The summed E-state index contributed by atoms with van der Waals surface area (Å²) < 4.78 is 14.3. The van der Waals surface area contributed by atoms with Crippen molar-refractivity contribution < 1.29 is 9.18 Å². The first-order valence-corrected chi connectivity index (χ1v) is 8.34. The molecular weight excluding hydrogens is 299 g/mol. The van der Waals surface area contributed by atoms with Crippen LogP contribution in [0.5, 0.6) is 0 Å². The lowest BCUT2D eigenvalue weighted by Crippen LogP contribution is -2.40. The van der Waals surface area contributed by atoms with Crippen molar-refractivity contribution >= 4 is 22.9 Å². The van der Waals surface area contributed by atoms with Crippen molar-refractivity contribution in [3.05, 3.63) is 51.5 Å². The van der Waals surface area contributed by atoms with Gasteiger partial charge in [0.1, 0.15) is 5.82 Å². The Hall–Kier alpha value is -1.88. The lowest BCUT2D eigenvalue weighted by atomic mass is 9.99. The van der Waals surface area contributed by atoms with E-state index in [9.17, 15) is 9.18 Å². The van der Waals surface area contributed by atoms with Crippen LogP contribution in [0.25, 0.3) is 0 Å². The smallest absolute Gasteiger partial charge is 0.239 e. The maximum absolute atomic E-state index is 14.3. The largest absolute Gasteiger partial charge is 0.360 e. The lowest BCUT2D eigenvalue weighted by Gasteiger charge is -2.31. The molecule has 0 radical (unpaired) electrons. The van der Waals surface area contributed by atoms with E-state index >= 15 is 0 Å². The number of fused-ring (bicyclic) bond motifs is 1. The molecule has 0 saturated carbocycles. The molecule has 2 aromatic rings. The van der Waals surface area contributed by atoms with E-state index in [0.717, 1.165) is 35.4 Å². The van der Waals surface area contributed by atoms with Gasteiger partial charge >= 0.3 is 0 Å². The summed E-state index contributed by atoms with van der Waals surface area (Å²) in [6.07, 6.45) is 1.83. The molecule has 5 heteroatoms. The van der Waals surface area contributed by atoms with Gasteiger partial charge in [-0.15, -0.1) is 11.3 Å². The van der Waals surface area contributed by atoms with Crippen LogP contribution in [-0.4, -0.2) is 19.0 Å². The molecule has 0 unspecified atom stereocenters. The van der Waals surface area contributed by atoms with E-state index in [1.165, 1.54) is 0 Å². The molecule has 1 amide bonds. The summed E-state index contributed by atoms with van der Waals surface area (Å²) in [4.78, 5) is 15.1. The van der Waals surface area contributed by atoms with Gasteiger partial charge in [-0.1, -0.05) is 12.1 Å². The average Bonchev–Trinajstić information content (AvgIpc) is 2.98. The van der Waals surface area contributed by atoms with Gasteiger partial charge in [0.15, 0.2) is 0 Å². The molecule has 1 aliphatic rings. The highest BCUT2D eigenvalue weighted by Gasteiger charge is 2.22. The fourth-order valence-electron chi connectivity index (χ4n) is 2.91. The van der Waals surface area contributed by atoms with Crippen molar-refractivity contribution in [2.45, 2.75) is 26.3 Å². The van der Waals surface area contributed by atoms with Crippen molar-refractivity contribution in [2.75, 3.05) is 18.0 Å². The lowest BCUT2D eigenvalue weighted by molar-refractivity contribution is -0.119. The minimum Gasteiger partial charge on any atom is -0.360 e. The zero-order valence-corrected chi connectivity index (χ0v) is 13.4. The molecule has 0 spiro atoms. The van der Waals surface area contributed by atoms with Crippen molar-refractivity contribution in [1.29, 1.82) is 0 Å². The first-order chi connectivity index (χ1) is 10.6. The van der Waals surface area contributed by atoms with Gasteiger partial charge in [-0.3, -0.25) is 4.79 Å². The summed E-state index contributed by atoms with van der Waals surface area (Å²) >= 11 is 1.62. The molecule has 2 heterocycles. The number of rotatable bonds is 4. The second kappa shape index (κ2) is 6.48. The van der Waals surface area contributed by atoms with Crippen molar-refractivity contribution in [3.8, 4) is 0 Å². The number of benzene rings is 1. The van der Waals surface area contributed by atoms with Crippen LogP contribution >= 0.6 is 11.3 Å². The van der Waals surface area contributed by atoms with Crippen molar-refractivity contribution in [2.24, 2.45) is 0 Å². The predicted molar refractivity (Wildman–Crippen MR) is 87.8 cm³/mol. The second-order valence-electron chi connectivity index (χ2n) is 5.64. The van der Waals surface area contributed by atoms with Crippen molar-refractivity contribution in [1.82, 2.24) is 5.32 Å². The molecular formula is C17H19FN2OS. The molecule has 1 aromatic carbocycles. The van der Waals surface area contributed by atoms with E-state index in [2.05, 4.69) is 5.32 Å². The van der Waals surface area contributed by atoms with Gasteiger partial charge in [-0.2, -0.15) is 0 Å². The van der Waals surface area contributed by atoms with Crippen LogP contribution in [0.3, 0.4) is 0 Å². The highest BCUT2D eigenvalue weighted by molar-refractivity contribution is 7.09.